The van der Waals surface area contributed by atoms with Gasteiger partial charge >= 0.3 is 0 Å². The largest absolute Gasteiger partial charge is 0.380 e. The van der Waals surface area contributed by atoms with Crippen LogP contribution in [0.25, 0.3) is 10.9 Å². The van der Waals surface area contributed by atoms with Gasteiger partial charge in [-0.05, 0) is 43.4 Å². The van der Waals surface area contributed by atoms with Crippen molar-refractivity contribution in [3.63, 3.8) is 0 Å². The molecule has 1 saturated heterocycles. The van der Waals surface area contributed by atoms with E-state index in [2.05, 4.69) is 83.2 Å². The van der Waals surface area contributed by atoms with Crippen LogP contribution in [0.3, 0.4) is 0 Å². The molecule has 3 heterocycles. The number of fused-ring (bicyclic) bond motifs is 4. The molecule has 4 nitrogen and oxygen atoms in total. The highest BCUT2D eigenvalue weighted by Gasteiger charge is 2.34. The normalized spacial score (nSPS) is 25.8. The van der Waals surface area contributed by atoms with E-state index >= 15 is 0 Å². The lowest BCUT2D eigenvalue weighted by Gasteiger charge is -2.44. The lowest BCUT2D eigenvalue weighted by Crippen LogP contribution is -2.54. The number of H-pyrrole nitrogens is 1. The molecule has 3 aromatic rings. The lowest BCUT2D eigenvalue weighted by atomic mass is 9.93. The van der Waals surface area contributed by atoms with Crippen LogP contribution >= 0.6 is 0 Å². The predicted molar refractivity (Wildman–Crippen MR) is 127 cm³/mol. The van der Waals surface area contributed by atoms with Crippen LogP contribution in [-0.2, 0) is 24.2 Å². The summed E-state index contributed by atoms with van der Waals surface area (Å²) in [4.78, 5) is 9.13. The summed E-state index contributed by atoms with van der Waals surface area (Å²) in [5, 5.41) is 1.40. The molecular formula is C27H35N3O. The molecule has 0 unspecified atom stereocenters. The summed E-state index contributed by atoms with van der Waals surface area (Å²) >= 11 is 0. The number of aromatic amines is 1. The van der Waals surface area contributed by atoms with Crippen molar-refractivity contribution in [2.45, 2.75) is 64.3 Å². The first-order valence-corrected chi connectivity index (χ1v) is 11.9. The van der Waals surface area contributed by atoms with Gasteiger partial charge in [0.25, 0.3) is 0 Å². The van der Waals surface area contributed by atoms with Crippen LogP contribution in [0, 0.1) is 0 Å². The second-order valence-corrected chi connectivity index (χ2v) is 9.35. The van der Waals surface area contributed by atoms with E-state index in [1.165, 1.54) is 27.7 Å². The number of nitrogens with one attached hydrogen (secondary N) is 1. The molecule has 2 aromatic carbocycles. The molecule has 0 amide bonds. The first kappa shape index (κ1) is 20.7. The maximum atomic E-state index is 6.17. The Morgan fingerprint density at radius 2 is 1.87 bits per heavy atom. The second kappa shape index (κ2) is 9.15. The molecule has 1 fully saturated rings. The summed E-state index contributed by atoms with van der Waals surface area (Å²) in [7, 11) is 0. The van der Waals surface area contributed by atoms with Crippen LogP contribution in [-0.4, -0.2) is 52.7 Å². The van der Waals surface area contributed by atoms with Gasteiger partial charge in [0.15, 0.2) is 0 Å². The third-order valence-corrected chi connectivity index (χ3v) is 7.33. The molecule has 164 valence electrons. The highest BCUT2D eigenvalue weighted by atomic mass is 16.5. The van der Waals surface area contributed by atoms with Crippen molar-refractivity contribution in [2.24, 2.45) is 0 Å². The number of hydrogen-bond donors (Lipinski definition) is 1. The van der Waals surface area contributed by atoms with E-state index in [1.807, 2.05) is 0 Å². The minimum atomic E-state index is 0.418. The number of hydrogen-bond acceptors (Lipinski definition) is 3. The lowest BCUT2D eigenvalue weighted by molar-refractivity contribution is -0.00829. The van der Waals surface area contributed by atoms with E-state index in [9.17, 15) is 0 Å². The number of aromatic nitrogens is 1. The van der Waals surface area contributed by atoms with E-state index in [1.54, 1.807) is 0 Å². The van der Waals surface area contributed by atoms with Gasteiger partial charge in [0.1, 0.15) is 0 Å². The monoisotopic (exact) mass is 417 g/mol. The molecular weight excluding hydrogens is 382 g/mol. The fourth-order valence-electron chi connectivity index (χ4n) is 5.62. The van der Waals surface area contributed by atoms with Crippen LogP contribution in [0.4, 0.5) is 0 Å². The van der Waals surface area contributed by atoms with Crippen molar-refractivity contribution in [2.75, 3.05) is 19.8 Å². The zero-order valence-corrected chi connectivity index (χ0v) is 18.9. The molecule has 4 heteroatoms. The number of nitrogens with zero attached hydrogens (tertiary/aromatic N) is 2. The fraction of sp³-hybridized carbons (Fsp3) is 0.481. The minimum Gasteiger partial charge on any atom is -0.380 e. The Balaban J connectivity index is 1.48. The Kier molecular flexibility index (Phi) is 6.13. The van der Waals surface area contributed by atoms with Crippen molar-refractivity contribution in [1.29, 1.82) is 0 Å². The molecule has 2 aliphatic heterocycles. The second-order valence-electron chi connectivity index (χ2n) is 9.35. The fourth-order valence-corrected chi connectivity index (χ4v) is 5.62. The first-order valence-electron chi connectivity index (χ1n) is 11.9. The molecule has 2 aliphatic rings. The summed E-state index contributed by atoms with van der Waals surface area (Å²) in [5.74, 6) is 0. The quantitative estimate of drug-likeness (QED) is 0.652. The maximum Gasteiger partial charge on any atom is 0.0619 e. The third kappa shape index (κ3) is 4.30. The van der Waals surface area contributed by atoms with Crippen molar-refractivity contribution in [3.8, 4) is 0 Å². The SMILES string of the molecule is CC[C@H]1CCOC[C@H](C)N2Cc3[nH]c4ccccc4c3C[C@H]2CN1Cc1ccccc1. The van der Waals surface area contributed by atoms with Gasteiger partial charge < -0.3 is 9.72 Å². The van der Waals surface area contributed by atoms with Crippen molar-refractivity contribution >= 4 is 10.9 Å². The molecule has 5 rings (SSSR count). The van der Waals surface area contributed by atoms with E-state index in [0.717, 1.165) is 52.1 Å². The van der Waals surface area contributed by atoms with Crippen LogP contribution in [0.2, 0.25) is 0 Å². The molecule has 1 aromatic heterocycles. The molecule has 3 atom stereocenters. The Hall–Kier alpha value is -2.14. The van der Waals surface area contributed by atoms with Gasteiger partial charge in [-0.15, -0.1) is 0 Å². The summed E-state index contributed by atoms with van der Waals surface area (Å²) in [6.45, 7) is 9.44. The Morgan fingerprint density at radius 3 is 2.71 bits per heavy atom. The van der Waals surface area contributed by atoms with E-state index in [-0.39, 0.29) is 0 Å². The number of rotatable bonds is 3. The Bertz CT molecular complexity index is 998. The highest BCUT2D eigenvalue weighted by Crippen LogP contribution is 2.32. The Morgan fingerprint density at radius 1 is 1.06 bits per heavy atom. The van der Waals surface area contributed by atoms with Crippen molar-refractivity contribution < 1.29 is 4.74 Å². The maximum absolute atomic E-state index is 6.17. The van der Waals surface area contributed by atoms with Gasteiger partial charge in [-0.1, -0.05) is 55.5 Å². The van der Waals surface area contributed by atoms with Gasteiger partial charge in [0, 0.05) is 61.0 Å². The van der Waals surface area contributed by atoms with Crippen LogP contribution in [0.15, 0.2) is 54.6 Å². The molecule has 0 spiro atoms. The van der Waals surface area contributed by atoms with Gasteiger partial charge in [0.05, 0.1) is 6.61 Å². The average Bonchev–Trinajstić information content (AvgIpc) is 3.16. The molecule has 0 aliphatic carbocycles. The van der Waals surface area contributed by atoms with Crippen LogP contribution in [0.1, 0.15) is 43.5 Å². The summed E-state index contributed by atoms with van der Waals surface area (Å²) in [5.41, 5.74) is 5.59. The van der Waals surface area contributed by atoms with Crippen LogP contribution in [0.5, 0.6) is 0 Å². The zero-order chi connectivity index (χ0) is 21.2. The Labute approximate surface area is 186 Å². The van der Waals surface area contributed by atoms with E-state index < -0.39 is 0 Å². The third-order valence-electron chi connectivity index (χ3n) is 7.33. The van der Waals surface area contributed by atoms with Crippen molar-refractivity contribution in [3.05, 3.63) is 71.4 Å². The predicted octanol–water partition coefficient (Wildman–Crippen LogP) is 4.98. The number of ether oxygens (including phenoxy) is 1. The van der Waals surface area contributed by atoms with Gasteiger partial charge in [0.2, 0.25) is 0 Å². The molecule has 0 saturated carbocycles. The number of benzene rings is 2. The van der Waals surface area contributed by atoms with E-state index in [4.69, 9.17) is 4.74 Å². The van der Waals surface area contributed by atoms with E-state index in [0.29, 0.717) is 18.1 Å². The standard InChI is InChI=1S/C27H35N3O/c1-3-22-13-14-31-19-20(2)30-18-27-25(24-11-7-8-12-26(24)28-27)15-23(30)17-29(22)16-21-9-5-4-6-10-21/h4-12,20,22-23,28H,3,13-19H2,1-2H3/t20-,22-,23-/m0/s1. The number of para-hydroxylation sites is 1. The van der Waals surface area contributed by atoms with Crippen molar-refractivity contribution in [1.82, 2.24) is 14.8 Å². The molecule has 1 N–H and O–H groups in total. The first-order chi connectivity index (χ1) is 15.2. The smallest absolute Gasteiger partial charge is 0.0619 e. The summed E-state index contributed by atoms with van der Waals surface area (Å²) in [6, 6.07) is 21.2. The zero-order valence-electron chi connectivity index (χ0n) is 18.9. The summed E-state index contributed by atoms with van der Waals surface area (Å²) < 4.78 is 6.17. The topological polar surface area (TPSA) is 31.5 Å². The van der Waals surface area contributed by atoms with Gasteiger partial charge in [-0.3, -0.25) is 9.80 Å². The highest BCUT2D eigenvalue weighted by molar-refractivity contribution is 5.84. The molecule has 0 bridgehead atoms. The van der Waals surface area contributed by atoms with Gasteiger partial charge in [-0.25, -0.2) is 0 Å². The van der Waals surface area contributed by atoms with Gasteiger partial charge in [-0.2, -0.15) is 0 Å². The van der Waals surface area contributed by atoms with Crippen LogP contribution < -0.4 is 0 Å². The molecule has 31 heavy (non-hydrogen) atoms. The minimum absolute atomic E-state index is 0.418. The average molecular weight is 418 g/mol. The molecule has 0 radical (unpaired) electrons. The summed E-state index contributed by atoms with van der Waals surface area (Å²) in [6.07, 6.45) is 3.38.